The van der Waals surface area contributed by atoms with Gasteiger partial charge in [0.05, 0.1) is 6.10 Å². The fourth-order valence-electron chi connectivity index (χ4n) is 2.19. The van der Waals surface area contributed by atoms with E-state index in [-0.39, 0.29) is 0 Å². The van der Waals surface area contributed by atoms with Crippen LogP contribution in [0.1, 0.15) is 25.3 Å². The molecule has 2 unspecified atom stereocenters. The lowest BCUT2D eigenvalue weighted by Crippen LogP contribution is -2.37. The summed E-state index contributed by atoms with van der Waals surface area (Å²) in [5.74, 6) is 0. The maximum atomic E-state index is 5.55. The lowest BCUT2D eigenvalue weighted by atomic mass is 10.0. The SMILES string of the molecule is CSc1ccc(CNC2CCOC(C)C2)cc1. The first kappa shape index (κ1) is 12.9. The van der Waals surface area contributed by atoms with Gasteiger partial charge in [0.1, 0.15) is 0 Å². The van der Waals surface area contributed by atoms with Crippen molar-refractivity contribution < 1.29 is 4.74 Å². The Hall–Kier alpha value is -0.510. The molecular formula is C14H21NOS. The maximum Gasteiger partial charge on any atom is 0.0561 e. The largest absolute Gasteiger partial charge is 0.378 e. The van der Waals surface area contributed by atoms with Crippen LogP contribution in [0, 0.1) is 0 Å². The Morgan fingerprint density at radius 1 is 1.35 bits per heavy atom. The quantitative estimate of drug-likeness (QED) is 0.831. The van der Waals surface area contributed by atoms with Crippen LogP contribution in [0.3, 0.4) is 0 Å². The highest BCUT2D eigenvalue weighted by molar-refractivity contribution is 7.98. The molecular weight excluding hydrogens is 230 g/mol. The highest BCUT2D eigenvalue weighted by Crippen LogP contribution is 2.16. The molecule has 0 aliphatic carbocycles. The molecule has 17 heavy (non-hydrogen) atoms. The number of benzene rings is 1. The van der Waals surface area contributed by atoms with Crippen LogP contribution in [0.15, 0.2) is 29.2 Å². The second-order valence-corrected chi connectivity index (χ2v) is 5.51. The molecule has 2 rings (SSSR count). The molecule has 0 amide bonds. The number of hydrogen-bond donors (Lipinski definition) is 1. The molecule has 2 nitrogen and oxygen atoms in total. The van der Waals surface area contributed by atoms with Gasteiger partial charge in [0.2, 0.25) is 0 Å². The summed E-state index contributed by atoms with van der Waals surface area (Å²) in [6.07, 6.45) is 4.77. The maximum absolute atomic E-state index is 5.55. The molecule has 3 heteroatoms. The van der Waals surface area contributed by atoms with Gasteiger partial charge in [-0.05, 0) is 43.7 Å². The van der Waals surface area contributed by atoms with Crippen molar-refractivity contribution in [2.75, 3.05) is 12.9 Å². The smallest absolute Gasteiger partial charge is 0.0561 e. The van der Waals surface area contributed by atoms with Crippen LogP contribution in [0.4, 0.5) is 0 Å². The fourth-order valence-corrected chi connectivity index (χ4v) is 2.60. The van der Waals surface area contributed by atoms with Crippen molar-refractivity contribution in [3.63, 3.8) is 0 Å². The van der Waals surface area contributed by atoms with Gasteiger partial charge in [-0.3, -0.25) is 0 Å². The summed E-state index contributed by atoms with van der Waals surface area (Å²) in [5.41, 5.74) is 1.36. The molecule has 0 radical (unpaired) electrons. The highest BCUT2D eigenvalue weighted by atomic mass is 32.2. The molecule has 1 N–H and O–H groups in total. The van der Waals surface area contributed by atoms with Crippen molar-refractivity contribution in [1.82, 2.24) is 5.32 Å². The first-order chi connectivity index (χ1) is 8.28. The zero-order chi connectivity index (χ0) is 12.1. The Morgan fingerprint density at radius 3 is 2.76 bits per heavy atom. The highest BCUT2D eigenvalue weighted by Gasteiger charge is 2.18. The first-order valence-electron chi connectivity index (χ1n) is 6.26. The zero-order valence-electron chi connectivity index (χ0n) is 10.6. The molecule has 1 aliphatic heterocycles. The minimum Gasteiger partial charge on any atom is -0.378 e. The van der Waals surface area contributed by atoms with Gasteiger partial charge in [-0.2, -0.15) is 0 Å². The summed E-state index contributed by atoms with van der Waals surface area (Å²) in [6.45, 7) is 4.01. The van der Waals surface area contributed by atoms with Crippen molar-refractivity contribution in [3.8, 4) is 0 Å². The van der Waals surface area contributed by atoms with E-state index in [0.717, 1.165) is 26.0 Å². The van der Waals surface area contributed by atoms with Gasteiger partial charge in [0, 0.05) is 24.1 Å². The van der Waals surface area contributed by atoms with E-state index in [0.29, 0.717) is 12.1 Å². The topological polar surface area (TPSA) is 21.3 Å². The van der Waals surface area contributed by atoms with Gasteiger partial charge in [-0.15, -0.1) is 11.8 Å². The van der Waals surface area contributed by atoms with Crippen molar-refractivity contribution in [2.45, 2.75) is 43.4 Å². The summed E-state index contributed by atoms with van der Waals surface area (Å²) < 4.78 is 5.55. The van der Waals surface area contributed by atoms with Crippen molar-refractivity contribution in [2.24, 2.45) is 0 Å². The second kappa shape index (κ2) is 6.43. The summed E-state index contributed by atoms with van der Waals surface area (Å²) in [7, 11) is 0. The number of thioether (sulfide) groups is 1. The molecule has 1 fully saturated rings. The minimum absolute atomic E-state index is 0.403. The normalized spacial score (nSPS) is 24.8. The minimum atomic E-state index is 0.403. The van der Waals surface area contributed by atoms with Crippen LogP contribution >= 0.6 is 11.8 Å². The third-order valence-corrected chi connectivity index (χ3v) is 3.98. The van der Waals surface area contributed by atoms with Gasteiger partial charge >= 0.3 is 0 Å². The molecule has 1 aliphatic rings. The van der Waals surface area contributed by atoms with Crippen LogP contribution in [-0.2, 0) is 11.3 Å². The Labute approximate surface area is 108 Å². The van der Waals surface area contributed by atoms with Crippen LogP contribution < -0.4 is 5.32 Å². The van der Waals surface area contributed by atoms with Gasteiger partial charge < -0.3 is 10.1 Å². The van der Waals surface area contributed by atoms with E-state index in [2.05, 4.69) is 42.8 Å². The first-order valence-corrected chi connectivity index (χ1v) is 7.48. The van der Waals surface area contributed by atoms with Gasteiger partial charge in [-0.1, -0.05) is 12.1 Å². The van der Waals surface area contributed by atoms with E-state index >= 15 is 0 Å². The Bertz CT molecular complexity index is 339. The molecule has 0 bridgehead atoms. The molecule has 1 aromatic rings. The number of hydrogen-bond acceptors (Lipinski definition) is 3. The monoisotopic (exact) mass is 251 g/mol. The number of ether oxygens (including phenoxy) is 1. The Kier molecular flexibility index (Phi) is 4.89. The average Bonchev–Trinajstić information content (AvgIpc) is 2.37. The molecule has 1 aromatic carbocycles. The molecule has 0 saturated carbocycles. The van der Waals surface area contributed by atoms with Crippen LogP contribution in [0.5, 0.6) is 0 Å². The van der Waals surface area contributed by atoms with Crippen molar-refractivity contribution >= 4 is 11.8 Å². The Balaban J connectivity index is 1.80. The molecule has 94 valence electrons. The Morgan fingerprint density at radius 2 is 2.12 bits per heavy atom. The van der Waals surface area contributed by atoms with Crippen molar-refractivity contribution in [3.05, 3.63) is 29.8 Å². The molecule has 0 aromatic heterocycles. The van der Waals surface area contributed by atoms with Crippen LogP contribution in [0.25, 0.3) is 0 Å². The third kappa shape index (κ3) is 4.02. The van der Waals surface area contributed by atoms with Gasteiger partial charge in [0.15, 0.2) is 0 Å². The van der Waals surface area contributed by atoms with E-state index in [1.54, 1.807) is 11.8 Å². The lowest BCUT2D eigenvalue weighted by Gasteiger charge is -2.28. The van der Waals surface area contributed by atoms with Gasteiger partial charge in [0.25, 0.3) is 0 Å². The summed E-state index contributed by atoms with van der Waals surface area (Å²) in [4.78, 5) is 1.33. The molecule has 0 spiro atoms. The van der Waals surface area contributed by atoms with Crippen LogP contribution in [0.2, 0.25) is 0 Å². The molecule has 2 atom stereocenters. The van der Waals surface area contributed by atoms with Gasteiger partial charge in [-0.25, -0.2) is 0 Å². The number of rotatable bonds is 4. The summed E-state index contributed by atoms with van der Waals surface area (Å²) >= 11 is 1.79. The zero-order valence-corrected chi connectivity index (χ0v) is 11.4. The lowest BCUT2D eigenvalue weighted by molar-refractivity contribution is 0.0130. The summed E-state index contributed by atoms with van der Waals surface area (Å²) in [6, 6.07) is 9.41. The van der Waals surface area contributed by atoms with E-state index in [1.165, 1.54) is 10.5 Å². The predicted molar refractivity (Wildman–Crippen MR) is 73.5 cm³/mol. The van der Waals surface area contributed by atoms with E-state index < -0.39 is 0 Å². The molecule has 1 heterocycles. The van der Waals surface area contributed by atoms with Crippen molar-refractivity contribution in [1.29, 1.82) is 0 Å². The van der Waals surface area contributed by atoms with E-state index in [1.807, 2.05) is 0 Å². The summed E-state index contributed by atoms with van der Waals surface area (Å²) in [5, 5.41) is 3.62. The van der Waals surface area contributed by atoms with E-state index in [4.69, 9.17) is 4.74 Å². The fraction of sp³-hybridized carbons (Fsp3) is 0.571. The average molecular weight is 251 g/mol. The second-order valence-electron chi connectivity index (χ2n) is 4.63. The number of nitrogens with one attached hydrogen (secondary N) is 1. The third-order valence-electron chi connectivity index (χ3n) is 3.24. The predicted octanol–water partition coefficient (Wildman–Crippen LogP) is 3.07. The molecule has 1 saturated heterocycles. The van der Waals surface area contributed by atoms with E-state index in [9.17, 15) is 0 Å². The standard InChI is InChI=1S/C14H21NOS/c1-11-9-13(7-8-16-11)15-10-12-3-5-14(17-2)6-4-12/h3-6,11,13,15H,7-10H2,1-2H3. The van der Waals surface area contributed by atoms with Crippen LogP contribution in [-0.4, -0.2) is 25.0 Å².